The highest BCUT2D eigenvalue weighted by molar-refractivity contribution is 6.11. The van der Waals surface area contributed by atoms with Crippen LogP contribution >= 0.6 is 0 Å². The molecule has 2 aromatic rings. The summed E-state index contributed by atoms with van der Waals surface area (Å²) < 4.78 is 43.9. The van der Waals surface area contributed by atoms with Crippen LogP contribution in [0.25, 0.3) is 0 Å². The van der Waals surface area contributed by atoms with E-state index in [4.69, 9.17) is 4.74 Å². The maximum Gasteiger partial charge on any atom is 0.416 e. The first-order valence-corrected chi connectivity index (χ1v) is 8.80. The van der Waals surface area contributed by atoms with E-state index in [9.17, 15) is 32.7 Å². The third-order valence-corrected chi connectivity index (χ3v) is 4.46. The Labute approximate surface area is 169 Å². The van der Waals surface area contributed by atoms with Crippen LogP contribution in [0.2, 0.25) is 0 Å². The number of alkyl halides is 3. The van der Waals surface area contributed by atoms with E-state index in [-0.39, 0.29) is 22.7 Å². The number of carbonyl (C=O) groups excluding carboxylic acids is 3. The van der Waals surface area contributed by atoms with Crippen LogP contribution in [0, 0.1) is 6.92 Å². The molecule has 10 heteroatoms. The molecule has 0 unspecified atom stereocenters. The van der Waals surface area contributed by atoms with Crippen LogP contribution in [0.4, 0.5) is 24.5 Å². The van der Waals surface area contributed by atoms with Gasteiger partial charge in [-0.3, -0.25) is 14.5 Å². The van der Waals surface area contributed by atoms with Gasteiger partial charge in [-0.1, -0.05) is 6.07 Å². The number of hydrogen-bond donors (Lipinski definition) is 2. The summed E-state index contributed by atoms with van der Waals surface area (Å²) in [5, 5.41) is 12.2. The normalized spacial score (nSPS) is 14.6. The van der Waals surface area contributed by atoms with E-state index in [1.54, 1.807) is 13.0 Å². The molecule has 2 aromatic carbocycles. The fourth-order valence-electron chi connectivity index (χ4n) is 2.97. The molecule has 0 saturated carbocycles. The van der Waals surface area contributed by atoms with Gasteiger partial charge < -0.3 is 15.2 Å². The molecule has 0 radical (unpaired) electrons. The van der Waals surface area contributed by atoms with E-state index >= 15 is 0 Å². The molecule has 0 bridgehead atoms. The lowest BCUT2D eigenvalue weighted by molar-refractivity contribution is -0.137. The maximum atomic E-state index is 12.9. The molecule has 158 valence electrons. The molecule has 1 aliphatic rings. The number of nitrogens with zero attached hydrogens (tertiary/aromatic N) is 1. The number of anilines is 2. The average molecular weight is 422 g/mol. The highest BCUT2D eigenvalue weighted by Gasteiger charge is 2.35. The number of aromatic hydroxyl groups is 1. The molecule has 1 aliphatic heterocycles. The number of fused-ring (bicyclic) bond motifs is 1. The van der Waals surface area contributed by atoms with Gasteiger partial charge in [-0.2, -0.15) is 13.2 Å². The van der Waals surface area contributed by atoms with Crippen molar-refractivity contribution in [2.45, 2.75) is 26.1 Å². The maximum absolute atomic E-state index is 12.9. The van der Waals surface area contributed by atoms with Gasteiger partial charge in [-0.25, -0.2) is 4.79 Å². The smallest absolute Gasteiger partial charge is 0.416 e. The molecule has 0 aromatic heterocycles. The van der Waals surface area contributed by atoms with Crippen LogP contribution < -0.4 is 10.2 Å². The molecule has 0 aliphatic carbocycles. The Balaban J connectivity index is 1.83. The van der Waals surface area contributed by atoms with Crippen LogP contribution in [0.3, 0.4) is 0 Å². The summed E-state index contributed by atoms with van der Waals surface area (Å²) in [7, 11) is 0. The molecule has 0 spiro atoms. The van der Waals surface area contributed by atoms with Crippen molar-refractivity contribution < 1.29 is 37.4 Å². The number of hydrogen-bond acceptors (Lipinski definition) is 5. The Morgan fingerprint density at radius 1 is 1.20 bits per heavy atom. The SMILES string of the molecule is Cc1ccc(C(=O)O[C@@H](C)C(=O)N2CC(=O)Nc3cc(C(F)(F)F)ccc32)c(O)c1. The minimum Gasteiger partial charge on any atom is -0.507 e. The Morgan fingerprint density at radius 3 is 2.53 bits per heavy atom. The number of amides is 2. The van der Waals surface area contributed by atoms with Crippen molar-refractivity contribution in [1.29, 1.82) is 0 Å². The predicted octanol–water partition coefficient (Wildman–Crippen LogP) is 3.25. The van der Waals surface area contributed by atoms with Gasteiger partial charge in [0.05, 0.1) is 16.9 Å². The van der Waals surface area contributed by atoms with E-state index in [0.717, 1.165) is 23.1 Å². The van der Waals surface area contributed by atoms with Crippen molar-refractivity contribution in [3.63, 3.8) is 0 Å². The number of rotatable bonds is 3. The fraction of sp³-hybridized carbons (Fsp3) is 0.250. The summed E-state index contributed by atoms with van der Waals surface area (Å²) >= 11 is 0. The monoisotopic (exact) mass is 422 g/mol. The van der Waals surface area contributed by atoms with Gasteiger partial charge >= 0.3 is 12.1 Å². The van der Waals surface area contributed by atoms with Crippen LogP contribution in [0.5, 0.6) is 5.75 Å². The number of carbonyl (C=O) groups is 3. The molecule has 1 atom stereocenters. The number of esters is 1. The molecule has 2 amide bonds. The predicted molar refractivity (Wildman–Crippen MR) is 100 cm³/mol. The second-order valence-corrected chi connectivity index (χ2v) is 6.77. The largest absolute Gasteiger partial charge is 0.507 e. The van der Waals surface area contributed by atoms with Gasteiger partial charge in [0.25, 0.3) is 5.91 Å². The van der Waals surface area contributed by atoms with Gasteiger partial charge in [-0.05, 0) is 49.7 Å². The Bertz CT molecular complexity index is 1040. The van der Waals surface area contributed by atoms with Gasteiger partial charge in [-0.15, -0.1) is 0 Å². The Kier molecular flexibility index (Phi) is 5.43. The first-order chi connectivity index (χ1) is 14.0. The number of aryl methyl sites for hydroxylation is 1. The average Bonchev–Trinajstić information content (AvgIpc) is 2.65. The second-order valence-electron chi connectivity index (χ2n) is 6.77. The van der Waals surface area contributed by atoms with Crippen LogP contribution in [0.1, 0.15) is 28.4 Å². The van der Waals surface area contributed by atoms with E-state index in [1.807, 2.05) is 0 Å². The summed E-state index contributed by atoms with van der Waals surface area (Å²) in [5.74, 6) is -2.76. The molecule has 1 heterocycles. The molecule has 7 nitrogen and oxygen atoms in total. The van der Waals surface area contributed by atoms with E-state index in [2.05, 4.69) is 5.32 Å². The van der Waals surface area contributed by atoms with Crippen LogP contribution in [0.15, 0.2) is 36.4 Å². The lowest BCUT2D eigenvalue weighted by Gasteiger charge is -2.31. The van der Waals surface area contributed by atoms with Crippen molar-refractivity contribution in [2.24, 2.45) is 0 Å². The van der Waals surface area contributed by atoms with Gasteiger partial charge in [0.15, 0.2) is 6.10 Å². The zero-order valence-electron chi connectivity index (χ0n) is 15.9. The summed E-state index contributed by atoms with van der Waals surface area (Å²) in [5.41, 5.74) is -0.544. The number of phenols is 1. The van der Waals surface area contributed by atoms with Crippen LogP contribution in [-0.4, -0.2) is 35.5 Å². The third-order valence-electron chi connectivity index (χ3n) is 4.46. The molecule has 30 heavy (non-hydrogen) atoms. The molecular weight excluding hydrogens is 405 g/mol. The van der Waals surface area contributed by atoms with Crippen molar-refractivity contribution >= 4 is 29.2 Å². The summed E-state index contributed by atoms with van der Waals surface area (Å²) in [6.45, 7) is 2.53. The minimum absolute atomic E-state index is 0.0497. The van der Waals surface area contributed by atoms with Crippen molar-refractivity contribution in [1.82, 2.24) is 0 Å². The third kappa shape index (κ3) is 4.22. The molecular formula is C20H17F3N2O5. The minimum atomic E-state index is -4.62. The summed E-state index contributed by atoms with van der Waals surface area (Å²) in [6, 6.07) is 6.85. The van der Waals surface area contributed by atoms with Gasteiger partial charge in [0.2, 0.25) is 5.91 Å². The Morgan fingerprint density at radius 2 is 1.90 bits per heavy atom. The first-order valence-electron chi connectivity index (χ1n) is 8.80. The number of ether oxygens (including phenoxy) is 1. The van der Waals surface area contributed by atoms with Gasteiger partial charge in [0, 0.05) is 0 Å². The Hall–Kier alpha value is -3.56. The van der Waals surface area contributed by atoms with Crippen LogP contribution in [-0.2, 0) is 20.5 Å². The fourth-order valence-corrected chi connectivity index (χ4v) is 2.97. The van der Waals surface area contributed by atoms with Gasteiger partial charge in [0.1, 0.15) is 17.9 Å². The topological polar surface area (TPSA) is 95.9 Å². The van der Waals surface area contributed by atoms with Crippen molar-refractivity contribution in [3.05, 3.63) is 53.1 Å². The van der Waals surface area contributed by atoms with E-state index in [1.165, 1.54) is 19.1 Å². The lowest BCUT2D eigenvalue weighted by Crippen LogP contribution is -2.47. The standard InChI is InChI=1S/C20H17F3N2O5/c1-10-3-5-13(16(26)7-10)19(29)30-11(2)18(28)25-9-17(27)24-14-8-12(20(21,22)23)4-6-15(14)25/h3-8,11,26H,9H2,1-2H3,(H,24,27)/t11-/m0/s1. The summed E-state index contributed by atoms with van der Waals surface area (Å²) in [4.78, 5) is 37.9. The van der Waals surface area contributed by atoms with Crippen molar-refractivity contribution in [2.75, 3.05) is 16.8 Å². The molecule has 0 saturated heterocycles. The highest BCUT2D eigenvalue weighted by Crippen LogP contribution is 2.37. The molecule has 0 fully saturated rings. The number of nitrogens with one attached hydrogen (secondary N) is 1. The van der Waals surface area contributed by atoms with E-state index in [0.29, 0.717) is 5.56 Å². The lowest BCUT2D eigenvalue weighted by atomic mass is 10.1. The quantitative estimate of drug-likeness (QED) is 0.741. The number of benzene rings is 2. The first kappa shape index (κ1) is 21.2. The molecule has 2 N–H and O–H groups in total. The zero-order valence-corrected chi connectivity index (χ0v) is 15.9. The zero-order chi connectivity index (χ0) is 22.2. The second kappa shape index (κ2) is 7.69. The van der Waals surface area contributed by atoms with E-state index < -0.39 is 42.2 Å². The number of phenolic OH excluding ortho intramolecular Hbond substituents is 1. The highest BCUT2D eigenvalue weighted by atomic mass is 19.4. The van der Waals surface area contributed by atoms with Crippen molar-refractivity contribution in [3.8, 4) is 5.75 Å². The molecule has 3 rings (SSSR count). The summed E-state index contributed by atoms with van der Waals surface area (Å²) in [6.07, 6.45) is -5.98. The number of halogens is 3.